The molecule has 3 atom stereocenters. The molecule has 0 aromatic carbocycles. The van der Waals surface area contributed by atoms with Crippen LogP contribution in [-0.2, 0) is 4.74 Å². The lowest BCUT2D eigenvalue weighted by atomic mass is 10.0. The van der Waals surface area contributed by atoms with E-state index in [4.69, 9.17) is 4.74 Å². The smallest absolute Gasteiger partial charge is 0.0667 e. The summed E-state index contributed by atoms with van der Waals surface area (Å²) < 4.78 is 5.22. The Balaban J connectivity index is 2.19. The molecule has 78 valence electrons. The molecule has 1 rings (SSSR count). The highest BCUT2D eigenvalue weighted by Gasteiger charge is 2.25. The summed E-state index contributed by atoms with van der Waals surface area (Å²) in [5.41, 5.74) is 0. The van der Waals surface area contributed by atoms with Crippen LogP contribution in [-0.4, -0.2) is 25.8 Å². The Labute approximate surface area is 82.0 Å². The van der Waals surface area contributed by atoms with Gasteiger partial charge in [0.2, 0.25) is 0 Å². The first-order chi connectivity index (χ1) is 6.27. The van der Waals surface area contributed by atoms with Gasteiger partial charge in [-0.1, -0.05) is 19.8 Å². The SMILES string of the molecule is CCC1CCCC1NCC(C)OC. The predicted molar refractivity (Wildman–Crippen MR) is 55.9 cm³/mol. The molecule has 0 heterocycles. The maximum absolute atomic E-state index is 5.22. The molecular weight excluding hydrogens is 162 g/mol. The third-order valence-corrected chi connectivity index (χ3v) is 3.25. The molecule has 0 spiro atoms. The lowest BCUT2D eigenvalue weighted by molar-refractivity contribution is 0.112. The standard InChI is InChI=1S/C11H23NO/c1-4-10-6-5-7-11(10)12-8-9(2)13-3/h9-12H,4-8H2,1-3H3. The van der Waals surface area contributed by atoms with E-state index in [-0.39, 0.29) is 0 Å². The van der Waals surface area contributed by atoms with E-state index in [2.05, 4.69) is 19.2 Å². The molecular formula is C11H23NO. The highest BCUT2D eigenvalue weighted by Crippen LogP contribution is 2.27. The third kappa shape index (κ3) is 3.28. The van der Waals surface area contributed by atoms with Crippen molar-refractivity contribution < 1.29 is 4.74 Å². The van der Waals surface area contributed by atoms with Crippen molar-refractivity contribution in [3.63, 3.8) is 0 Å². The molecule has 0 aromatic heterocycles. The maximum Gasteiger partial charge on any atom is 0.0667 e. The van der Waals surface area contributed by atoms with Crippen molar-refractivity contribution in [2.75, 3.05) is 13.7 Å². The van der Waals surface area contributed by atoms with Crippen LogP contribution in [0, 0.1) is 5.92 Å². The van der Waals surface area contributed by atoms with Crippen LogP contribution in [0.3, 0.4) is 0 Å². The number of methoxy groups -OCH3 is 1. The van der Waals surface area contributed by atoms with Crippen molar-refractivity contribution in [3.8, 4) is 0 Å². The molecule has 2 heteroatoms. The van der Waals surface area contributed by atoms with Gasteiger partial charge < -0.3 is 10.1 Å². The largest absolute Gasteiger partial charge is 0.380 e. The van der Waals surface area contributed by atoms with Gasteiger partial charge in [-0.2, -0.15) is 0 Å². The van der Waals surface area contributed by atoms with Crippen molar-refractivity contribution in [2.24, 2.45) is 5.92 Å². The Bertz CT molecular complexity index is 138. The van der Waals surface area contributed by atoms with Gasteiger partial charge in [-0.3, -0.25) is 0 Å². The summed E-state index contributed by atoms with van der Waals surface area (Å²) in [6.45, 7) is 5.41. The van der Waals surface area contributed by atoms with Gasteiger partial charge >= 0.3 is 0 Å². The Morgan fingerprint density at radius 2 is 2.23 bits per heavy atom. The van der Waals surface area contributed by atoms with Crippen molar-refractivity contribution in [1.82, 2.24) is 5.32 Å². The summed E-state index contributed by atoms with van der Waals surface area (Å²) in [5, 5.41) is 3.61. The van der Waals surface area contributed by atoms with E-state index < -0.39 is 0 Å². The van der Waals surface area contributed by atoms with Gasteiger partial charge in [-0.05, 0) is 25.7 Å². The van der Waals surface area contributed by atoms with Gasteiger partial charge in [0, 0.05) is 19.7 Å². The molecule has 3 unspecified atom stereocenters. The lowest BCUT2D eigenvalue weighted by Gasteiger charge is -2.21. The van der Waals surface area contributed by atoms with E-state index >= 15 is 0 Å². The minimum absolute atomic E-state index is 0.345. The van der Waals surface area contributed by atoms with Gasteiger partial charge in [-0.15, -0.1) is 0 Å². The van der Waals surface area contributed by atoms with E-state index in [0.29, 0.717) is 6.10 Å². The lowest BCUT2D eigenvalue weighted by Crippen LogP contribution is -2.37. The van der Waals surface area contributed by atoms with E-state index in [1.54, 1.807) is 7.11 Å². The normalized spacial score (nSPS) is 30.7. The van der Waals surface area contributed by atoms with E-state index in [1.165, 1.54) is 25.7 Å². The number of nitrogens with one attached hydrogen (secondary N) is 1. The van der Waals surface area contributed by atoms with Gasteiger partial charge in [0.1, 0.15) is 0 Å². The molecule has 1 aliphatic rings. The molecule has 0 amide bonds. The third-order valence-electron chi connectivity index (χ3n) is 3.25. The Morgan fingerprint density at radius 1 is 1.46 bits per heavy atom. The molecule has 0 saturated heterocycles. The van der Waals surface area contributed by atoms with Crippen molar-refractivity contribution >= 4 is 0 Å². The molecule has 0 bridgehead atoms. The molecule has 1 saturated carbocycles. The van der Waals surface area contributed by atoms with Gasteiger partial charge in [-0.25, -0.2) is 0 Å². The summed E-state index contributed by atoms with van der Waals surface area (Å²) in [6, 6.07) is 0.752. The van der Waals surface area contributed by atoms with Crippen LogP contribution in [0.15, 0.2) is 0 Å². The number of hydrogen-bond acceptors (Lipinski definition) is 2. The van der Waals surface area contributed by atoms with Crippen LogP contribution < -0.4 is 5.32 Å². The minimum atomic E-state index is 0.345. The first kappa shape index (κ1) is 11.0. The van der Waals surface area contributed by atoms with Crippen molar-refractivity contribution in [3.05, 3.63) is 0 Å². The molecule has 13 heavy (non-hydrogen) atoms. The monoisotopic (exact) mass is 185 g/mol. The zero-order valence-corrected chi connectivity index (χ0v) is 9.18. The summed E-state index contributed by atoms with van der Waals surface area (Å²) in [7, 11) is 1.78. The van der Waals surface area contributed by atoms with Crippen molar-refractivity contribution in [1.29, 1.82) is 0 Å². The fourth-order valence-corrected chi connectivity index (χ4v) is 2.19. The van der Waals surface area contributed by atoms with E-state index in [1.807, 2.05) is 0 Å². The fraction of sp³-hybridized carbons (Fsp3) is 1.00. The molecule has 0 aliphatic heterocycles. The second-order valence-corrected chi connectivity index (χ2v) is 4.16. The summed E-state index contributed by atoms with van der Waals surface area (Å²) >= 11 is 0. The summed E-state index contributed by atoms with van der Waals surface area (Å²) in [5.74, 6) is 0.907. The van der Waals surface area contributed by atoms with Crippen LogP contribution in [0.4, 0.5) is 0 Å². The predicted octanol–water partition coefficient (Wildman–Crippen LogP) is 2.19. The molecule has 1 fully saturated rings. The van der Waals surface area contributed by atoms with E-state index in [0.717, 1.165) is 18.5 Å². The number of rotatable bonds is 5. The van der Waals surface area contributed by atoms with Gasteiger partial charge in [0.05, 0.1) is 6.10 Å². The zero-order valence-electron chi connectivity index (χ0n) is 9.18. The molecule has 0 aromatic rings. The average Bonchev–Trinajstić information content (AvgIpc) is 2.61. The first-order valence-corrected chi connectivity index (χ1v) is 5.54. The van der Waals surface area contributed by atoms with Crippen molar-refractivity contribution in [2.45, 2.75) is 51.7 Å². The molecule has 1 aliphatic carbocycles. The quantitative estimate of drug-likeness (QED) is 0.709. The number of hydrogen-bond donors (Lipinski definition) is 1. The van der Waals surface area contributed by atoms with Gasteiger partial charge in [0.25, 0.3) is 0 Å². The van der Waals surface area contributed by atoms with Gasteiger partial charge in [0.15, 0.2) is 0 Å². The van der Waals surface area contributed by atoms with Crippen LogP contribution in [0.25, 0.3) is 0 Å². The highest BCUT2D eigenvalue weighted by atomic mass is 16.5. The number of ether oxygens (including phenoxy) is 1. The first-order valence-electron chi connectivity index (χ1n) is 5.54. The maximum atomic E-state index is 5.22. The Morgan fingerprint density at radius 3 is 2.85 bits per heavy atom. The van der Waals surface area contributed by atoms with Crippen LogP contribution >= 0.6 is 0 Å². The molecule has 2 nitrogen and oxygen atoms in total. The fourth-order valence-electron chi connectivity index (χ4n) is 2.19. The summed E-state index contributed by atoms with van der Waals surface area (Å²) in [6.07, 6.45) is 5.83. The average molecular weight is 185 g/mol. The van der Waals surface area contributed by atoms with Crippen LogP contribution in [0.2, 0.25) is 0 Å². The minimum Gasteiger partial charge on any atom is -0.380 e. The summed E-state index contributed by atoms with van der Waals surface area (Å²) in [4.78, 5) is 0. The van der Waals surface area contributed by atoms with Crippen LogP contribution in [0.5, 0.6) is 0 Å². The topological polar surface area (TPSA) is 21.3 Å². The second-order valence-electron chi connectivity index (χ2n) is 4.16. The van der Waals surface area contributed by atoms with Crippen LogP contribution in [0.1, 0.15) is 39.5 Å². The molecule has 0 radical (unpaired) electrons. The second kappa shape index (κ2) is 5.61. The highest BCUT2D eigenvalue weighted by molar-refractivity contribution is 4.82. The zero-order chi connectivity index (χ0) is 9.68. The Kier molecular flexibility index (Phi) is 4.74. The van der Waals surface area contributed by atoms with E-state index in [9.17, 15) is 0 Å². The molecule has 1 N–H and O–H groups in total. The Hall–Kier alpha value is -0.0800.